The SMILES string of the molecule is CC1CCCC(NC(=O)c2ccc(Br)cc2S)CC1. The minimum atomic E-state index is -0.00273. The summed E-state index contributed by atoms with van der Waals surface area (Å²) >= 11 is 7.75. The first-order valence-electron chi connectivity index (χ1n) is 6.85. The molecule has 1 amide bonds. The van der Waals surface area contributed by atoms with Gasteiger partial charge in [0.1, 0.15) is 0 Å². The summed E-state index contributed by atoms with van der Waals surface area (Å²) in [7, 11) is 0. The largest absolute Gasteiger partial charge is 0.349 e. The second-order valence-electron chi connectivity index (χ2n) is 5.45. The highest BCUT2D eigenvalue weighted by molar-refractivity contribution is 9.10. The van der Waals surface area contributed by atoms with Crippen molar-refractivity contribution in [2.75, 3.05) is 0 Å². The summed E-state index contributed by atoms with van der Waals surface area (Å²) in [5.74, 6) is 0.784. The van der Waals surface area contributed by atoms with Crippen molar-refractivity contribution >= 4 is 34.5 Å². The zero-order valence-electron chi connectivity index (χ0n) is 11.2. The van der Waals surface area contributed by atoms with E-state index < -0.39 is 0 Å². The number of nitrogens with one attached hydrogen (secondary N) is 1. The van der Waals surface area contributed by atoms with Crippen LogP contribution >= 0.6 is 28.6 Å². The monoisotopic (exact) mass is 341 g/mol. The molecule has 1 aliphatic rings. The predicted molar refractivity (Wildman–Crippen MR) is 84.9 cm³/mol. The Kier molecular flexibility index (Phi) is 5.34. The molecule has 1 aliphatic carbocycles. The number of halogens is 1. The van der Waals surface area contributed by atoms with Crippen LogP contribution in [0.3, 0.4) is 0 Å². The number of thiol groups is 1. The first kappa shape index (κ1) is 14.9. The maximum atomic E-state index is 12.3. The van der Waals surface area contributed by atoms with Gasteiger partial charge in [0, 0.05) is 15.4 Å². The van der Waals surface area contributed by atoms with Crippen LogP contribution < -0.4 is 5.32 Å². The molecule has 2 rings (SSSR count). The number of hydrogen-bond donors (Lipinski definition) is 2. The molecule has 0 saturated heterocycles. The zero-order chi connectivity index (χ0) is 13.8. The third kappa shape index (κ3) is 4.25. The van der Waals surface area contributed by atoms with E-state index >= 15 is 0 Å². The molecule has 19 heavy (non-hydrogen) atoms. The lowest BCUT2D eigenvalue weighted by Gasteiger charge is -2.17. The molecule has 0 spiro atoms. The van der Waals surface area contributed by atoms with Gasteiger partial charge in [-0.2, -0.15) is 0 Å². The van der Waals surface area contributed by atoms with E-state index in [2.05, 4.69) is 40.8 Å². The highest BCUT2D eigenvalue weighted by Crippen LogP contribution is 2.24. The predicted octanol–water partition coefficient (Wildman–Crippen LogP) is 4.44. The molecule has 0 heterocycles. The van der Waals surface area contributed by atoms with Crippen molar-refractivity contribution in [1.82, 2.24) is 5.32 Å². The fourth-order valence-electron chi connectivity index (χ4n) is 2.59. The van der Waals surface area contributed by atoms with Gasteiger partial charge in [-0.1, -0.05) is 35.7 Å². The standard InChI is InChI=1S/C15H20BrNOS/c1-10-3-2-4-12(7-5-10)17-15(18)13-8-6-11(16)9-14(13)19/h6,8-10,12,19H,2-5,7H2,1H3,(H,17,18). The molecule has 1 aromatic rings. The maximum absolute atomic E-state index is 12.3. The van der Waals surface area contributed by atoms with Crippen LogP contribution in [-0.4, -0.2) is 11.9 Å². The van der Waals surface area contributed by atoms with Crippen LogP contribution in [0.1, 0.15) is 49.4 Å². The van der Waals surface area contributed by atoms with E-state index in [0.717, 1.165) is 23.2 Å². The van der Waals surface area contributed by atoms with E-state index in [4.69, 9.17) is 0 Å². The van der Waals surface area contributed by atoms with Crippen molar-refractivity contribution in [2.45, 2.75) is 50.0 Å². The third-order valence-corrected chi connectivity index (χ3v) is 4.66. The van der Waals surface area contributed by atoms with Crippen molar-refractivity contribution < 1.29 is 4.79 Å². The lowest BCUT2D eigenvalue weighted by atomic mass is 10.0. The summed E-state index contributed by atoms with van der Waals surface area (Å²) in [6.07, 6.45) is 5.88. The number of carbonyl (C=O) groups excluding carboxylic acids is 1. The molecule has 2 unspecified atom stereocenters. The average molecular weight is 342 g/mol. The molecule has 104 valence electrons. The lowest BCUT2D eigenvalue weighted by molar-refractivity contribution is 0.0930. The van der Waals surface area contributed by atoms with Crippen LogP contribution in [0.5, 0.6) is 0 Å². The molecule has 1 N–H and O–H groups in total. The van der Waals surface area contributed by atoms with Gasteiger partial charge in [-0.05, 0) is 43.4 Å². The number of carbonyl (C=O) groups is 1. The Morgan fingerprint density at radius 1 is 1.32 bits per heavy atom. The average Bonchev–Trinajstić information content (AvgIpc) is 2.54. The Labute approximate surface area is 128 Å². The summed E-state index contributed by atoms with van der Waals surface area (Å²) < 4.78 is 0.942. The first-order valence-corrected chi connectivity index (χ1v) is 8.09. The van der Waals surface area contributed by atoms with Gasteiger partial charge in [-0.25, -0.2) is 0 Å². The van der Waals surface area contributed by atoms with Crippen LogP contribution in [-0.2, 0) is 0 Å². The molecule has 2 atom stereocenters. The zero-order valence-corrected chi connectivity index (χ0v) is 13.6. The van der Waals surface area contributed by atoms with E-state index in [1.54, 1.807) is 0 Å². The summed E-state index contributed by atoms with van der Waals surface area (Å²) in [4.78, 5) is 13.0. The summed E-state index contributed by atoms with van der Waals surface area (Å²) in [5, 5.41) is 3.15. The number of benzene rings is 1. The van der Waals surface area contributed by atoms with Crippen molar-refractivity contribution in [1.29, 1.82) is 0 Å². The summed E-state index contributed by atoms with van der Waals surface area (Å²) in [5.41, 5.74) is 0.656. The van der Waals surface area contributed by atoms with Gasteiger partial charge in [0.25, 0.3) is 5.91 Å². The van der Waals surface area contributed by atoms with E-state index in [9.17, 15) is 4.79 Å². The van der Waals surface area contributed by atoms with E-state index in [1.165, 1.54) is 19.3 Å². The van der Waals surface area contributed by atoms with Gasteiger partial charge in [0.2, 0.25) is 0 Å². The maximum Gasteiger partial charge on any atom is 0.252 e. The third-order valence-electron chi connectivity index (χ3n) is 3.80. The molecular weight excluding hydrogens is 322 g/mol. The van der Waals surface area contributed by atoms with Crippen LogP contribution in [0, 0.1) is 5.92 Å². The summed E-state index contributed by atoms with van der Waals surface area (Å²) in [6, 6.07) is 5.87. The molecule has 0 radical (unpaired) electrons. The van der Waals surface area contributed by atoms with E-state index in [1.807, 2.05) is 18.2 Å². The minimum absolute atomic E-state index is 0.00273. The molecule has 1 fully saturated rings. The molecule has 0 aliphatic heterocycles. The Hall–Kier alpha value is -0.480. The smallest absolute Gasteiger partial charge is 0.252 e. The van der Waals surface area contributed by atoms with Crippen molar-refractivity contribution in [2.24, 2.45) is 5.92 Å². The molecule has 0 bridgehead atoms. The summed E-state index contributed by atoms with van der Waals surface area (Å²) in [6.45, 7) is 2.30. The highest BCUT2D eigenvalue weighted by atomic mass is 79.9. The molecule has 1 aromatic carbocycles. The quantitative estimate of drug-likeness (QED) is 0.604. The normalized spacial score (nSPS) is 23.7. The van der Waals surface area contributed by atoms with Gasteiger partial charge < -0.3 is 5.32 Å². The Morgan fingerprint density at radius 2 is 2.11 bits per heavy atom. The van der Waals surface area contributed by atoms with Crippen LogP contribution in [0.4, 0.5) is 0 Å². The lowest BCUT2D eigenvalue weighted by Crippen LogP contribution is -2.34. The van der Waals surface area contributed by atoms with Crippen LogP contribution in [0.25, 0.3) is 0 Å². The van der Waals surface area contributed by atoms with Gasteiger partial charge >= 0.3 is 0 Å². The molecule has 4 heteroatoms. The Morgan fingerprint density at radius 3 is 2.84 bits per heavy atom. The van der Waals surface area contributed by atoms with Gasteiger partial charge in [0.05, 0.1) is 5.56 Å². The molecule has 2 nitrogen and oxygen atoms in total. The fourth-order valence-corrected chi connectivity index (χ4v) is 3.44. The van der Waals surface area contributed by atoms with Crippen LogP contribution in [0.15, 0.2) is 27.6 Å². The highest BCUT2D eigenvalue weighted by Gasteiger charge is 2.19. The molecule has 0 aromatic heterocycles. The minimum Gasteiger partial charge on any atom is -0.349 e. The Balaban J connectivity index is 2.00. The van der Waals surface area contributed by atoms with E-state index in [-0.39, 0.29) is 5.91 Å². The topological polar surface area (TPSA) is 29.1 Å². The van der Waals surface area contributed by atoms with Gasteiger partial charge in [-0.3, -0.25) is 4.79 Å². The van der Waals surface area contributed by atoms with Gasteiger partial charge in [0.15, 0.2) is 0 Å². The van der Waals surface area contributed by atoms with Crippen molar-refractivity contribution in [3.63, 3.8) is 0 Å². The fraction of sp³-hybridized carbons (Fsp3) is 0.533. The van der Waals surface area contributed by atoms with E-state index in [0.29, 0.717) is 16.5 Å². The van der Waals surface area contributed by atoms with Crippen LogP contribution in [0.2, 0.25) is 0 Å². The van der Waals surface area contributed by atoms with Crippen molar-refractivity contribution in [3.8, 4) is 0 Å². The second kappa shape index (κ2) is 6.80. The first-order chi connectivity index (χ1) is 9.06. The number of amides is 1. The number of rotatable bonds is 2. The van der Waals surface area contributed by atoms with Gasteiger partial charge in [-0.15, -0.1) is 12.6 Å². The Bertz CT molecular complexity index is 463. The molecule has 1 saturated carbocycles. The second-order valence-corrected chi connectivity index (χ2v) is 6.84. The number of hydrogen-bond acceptors (Lipinski definition) is 2. The molecular formula is C15H20BrNOS. The van der Waals surface area contributed by atoms with Crippen molar-refractivity contribution in [3.05, 3.63) is 28.2 Å².